The first-order valence-corrected chi connectivity index (χ1v) is 9.31. The van der Waals surface area contributed by atoms with Gasteiger partial charge in [-0.05, 0) is 57.5 Å². The quantitative estimate of drug-likeness (QED) is 0.780. The first-order chi connectivity index (χ1) is 12.9. The second-order valence-corrected chi connectivity index (χ2v) is 6.80. The van der Waals surface area contributed by atoms with Crippen LogP contribution < -0.4 is 15.4 Å². The first-order valence-electron chi connectivity index (χ1n) is 8.49. The highest BCUT2D eigenvalue weighted by atomic mass is 32.1. The van der Waals surface area contributed by atoms with Crippen molar-refractivity contribution in [2.24, 2.45) is 0 Å². The van der Waals surface area contributed by atoms with E-state index in [1.54, 1.807) is 38.1 Å². The molecule has 144 valence electrons. The standard InChI is InChI=1S/C19H22N2O5S/c1-5-25-14-9-7-13(8-10-14)16(22)20-18-15(11(3)12(4)27-18)17(23)21-19(24)26-6-2/h7-10H,5-6H2,1-4H3,(H,20,22)(H,21,23,24). The van der Waals surface area contributed by atoms with Crippen LogP contribution in [0.3, 0.4) is 0 Å². The maximum absolute atomic E-state index is 12.5. The molecule has 0 saturated heterocycles. The molecule has 8 heteroatoms. The van der Waals surface area contributed by atoms with Gasteiger partial charge in [0.2, 0.25) is 0 Å². The zero-order valence-corrected chi connectivity index (χ0v) is 16.5. The number of aryl methyl sites for hydroxylation is 1. The largest absolute Gasteiger partial charge is 0.494 e. The number of ether oxygens (including phenoxy) is 2. The van der Waals surface area contributed by atoms with Crippen LogP contribution in [0, 0.1) is 13.8 Å². The SMILES string of the molecule is CCOC(=O)NC(=O)c1c(NC(=O)c2ccc(OCC)cc2)sc(C)c1C. The molecular formula is C19H22N2O5S. The zero-order chi connectivity index (χ0) is 20.0. The Bertz CT molecular complexity index is 843. The number of benzene rings is 1. The summed E-state index contributed by atoms with van der Waals surface area (Å²) in [4.78, 5) is 37.4. The van der Waals surface area contributed by atoms with E-state index in [4.69, 9.17) is 9.47 Å². The first kappa shape index (κ1) is 20.4. The average molecular weight is 390 g/mol. The van der Waals surface area contributed by atoms with Gasteiger partial charge in [-0.3, -0.25) is 14.9 Å². The predicted molar refractivity (Wildman–Crippen MR) is 104 cm³/mol. The monoisotopic (exact) mass is 390 g/mol. The number of anilines is 1. The van der Waals surface area contributed by atoms with Crippen molar-refractivity contribution in [2.75, 3.05) is 18.5 Å². The normalized spacial score (nSPS) is 10.2. The minimum atomic E-state index is -0.824. The molecule has 3 amide bonds. The van der Waals surface area contributed by atoms with Crippen LogP contribution in [-0.4, -0.2) is 31.1 Å². The van der Waals surface area contributed by atoms with E-state index in [1.807, 2.05) is 13.8 Å². The van der Waals surface area contributed by atoms with Crippen molar-refractivity contribution in [1.29, 1.82) is 0 Å². The fourth-order valence-electron chi connectivity index (χ4n) is 2.36. The number of hydrogen-bond donors (Lipinski definition) is 2. The van der Waals surface area contributed by atoms with E-state index in [2.05, 4.69) is 10.6 Å². The number of thiophene rings is 1. The fraction of sp³-hybridized carbons (Fsp3) is 0.316. The van der Waals surface area contributed by atoms with Gasteiger partial charge >= 0.3 is 6.09 Å². The van der Waals surface area contributed by atoms with Crippen molar-refractivity contribution < 1.29 is 23.9 Å². The summed E-state index contributed by atoms with van der Waals surface area (Å²) in [6, 6.07) is 6.70. The second kappa shape index (κ2) is 9.18. The molecule has 0 aliphatic carbocycles. The van der Waals surface area contributed by atoms with Crippen LogP contribution in [0.15, 0.2) is 24.3 Å². The van der Waals surface area contributed by atoms with Gasteiger partial charge in [0, 0.05) is 10.4 Å². The fourth-order valence-corrected chi connectivity index (χ4v) is 3.41. The van der Waals surface area contributed by atoms with Crippen molar-refractivity contribution in [3.05, 3.63) is 45.8 Å². The summed E-state index contributed by atoms with van der Waals surface area (Å²) in [6.45, 7) is 7.82. The van der Waals surface area contributed by atoms with Crippen molar-refractivity contribution in [1.82, 2.24) is 5.32 Å². The highest BCUT2D eigenvalue weighted by Gasteiger charge is 2.23. The molecular weight excluding hydrogens is 368 g/mol. The smallest absolute Gasteiger partial charge is 0.414 e. The van der Waals surface area contributed by atoms with Crippen LogP contribution in [-0.2, 0) is 4.74 Å². The van der Waals surface area contributed by atoms with Crippen LogP contribution in [0.2, 0.25) is 0 Å². The lowest BCUT2D eigenvalue weighted by molar-refractivity contribution is 0.0925. The highest BCUT2D eigenvalue weighted by Crippen LogP contribution is 2.32. The molecule has 1 heterocycles. The molecule has 0 saturated carbocycles. The van der Waals surface area contributed by atoms with E-state index < -0.39 is 12.0 Å². The lowest BCUT2D eigenvalue weighted by atomic mass is 10.1. The summed E-state index contributed by atoms with van der Waals surface area (Å²) in [6.07, 6.45) is -0.824. The Morgan fingerprint density at radius 1 is 1.00 bits per heavy atom. The van der Waals surface area contributed by atoms with Crippen LogP contribution >= 0.6 is 11.3 Å². The van der Waals surface area contributed by atoms with Gasteiger partial charge in [0.1, 0.15) is 10.8 Å². The second-order valence-electron chi connectivity index (χ2n) is 5.57. The zero-order valence-electron chi connectivity index (χ0n) is 15.7. The maximum atomic E-state index is 12.5. The molecule has 0 aliphatic rings. The average Bonchev–Trinajstić information content (AvgIpc) is 2.89. The van der Waals surface area contributed by atoms with E-state index in [1.165, 1.54) is 11.3 Å². The Morgan fingerprint density at radius 2 is 1.67 bits per heavy atom. The minimum Gasteiger partial charge on any atom is -0.494 e. The van der Waals surface area contributed by atoms with E-state index in [9.17, 15) is 14.4 Å². The molecule has 1 aromatic carbocycles. The number of carbonyl (C=O) groups is 3. The molecule has 0 unspecified atom stereocenters. The molecule has 0 atom stereocenters. The number of imide groups is 1. The van der Waals surface area contributed by atoms with Gasteiger partial charge in [-0.2, -0.15) is 0 Å². The van der Waals surface area contributed by atoms with Gasteiger partial charge in [0.15, 0.2) is 0 Å². The third kappa shape index (κ3) is 5.07. The number of nitrogens with one attached hydrogen (secondary N) is 2. The third-order valence-corrected chi connectivity index (χ3v) is 4.88. The Labute approximate surface area is 161 Å². The predicted octanol–water partition coefficient (Wildman–Crippen LogP) is 3.90. The third-order valence-electron chi connectivity index (χ3n) is 3.76. The van der Waals surface area contributed by atoms with Gasteiger partial charge < -0.3 is 14.8 Å². The maximum Gasteiger partial charge on any atom is 0.414 e. The number of carbonyl (C=O) groups excluding carboxylic acids is 3. The van der Waals surface area contributed by atoms with Crippen LogP contribution in [0.1, 0.15) is 45.0 Å². The Kier molecular flexibility index (Phi) is 6.95. The molecule has 0 aliphatic heterocycles. The van der Waals surface area contributed by atoms with Crippen molar-refractivity contribution in [3.63, 3.8) is 0 Å². The molecule has 0 radical (unpaired) electrons. The molecule has 1 aromatic heterocycles. The van der Waals surface area contributed by atoms with Crippen molar-refractivity contribution in [3.8, 4) is 5.75 Å². The summed E-state index contributed by atoms with van der Waals surface area (Å²) in [7, 11) is 0. The van der Waals surface area contributed by atoms with Gasteiger partial charge in [-0.25, -0.2) is 4.79 Å². The van der Waals surface area contributed by atoms with Gasteiger partial charge in [-0.1, -0.05) is 0 Å². The Morgan fingerprint density at radius 3 is 2.26 bits per heavy atom. The number of hydrogen-bond acceptors (Lipinski definition) is 6. The number of rotatable bonds is 6. The molecule has 0 fully saturated rings. The Balaban J connectivity index is 2.20. The molecule has 27 heavy (non-hydrogen) atoms. The van der Waals surface area contributed by atoms with E-state index in [0.29, 0.717) is 28.5 Å². The highest BCUT2D eigenvalue weighted by molar-refractivity contribution is 7.16. The van der Waals surface area contributed by atoms with Crippen LogP contribution in [0.5, 0.6) is 5.75 Å². The van der Waals surface area contributed by atoms with Gasteiger partial charge in [0.25, 0.3) is 11.8 Å². The molecule has 2 N–H and O–H groups in total. The minimum absolute atomic E-state index is 0.155. The lowest BCUT2D eigenvalue weighted by Crippen LogP contribution is -2.31. The molecule has 2 rings (SSSR count). The van der Waals surface area contributed by atoms with Crippen LogP contribution in [0.25, 0.3) is 0 Å². The number of amides is 3. The topological polar surface area (TPSA) is 93.7 Å². The summed E-state index contributed by atoms with van der Waals surface area (Å²) < 4.78 is 10.1. The van der Waals surface area contributed by atoms with Crippen molar-refractivity contribution >= 4 is 34.2 Å². The van der Waals surface area contributed by atoms with E-state index in [-0.39, 0.29) is 18.1 Å². The molecule has 7 nitrogen and oxygen atoms in total. The Hall–Kier alpha value is -2.87. The molecule has 0 spiro atoms. The summed E-state index contributed by atoms with van der Waals surface area (Å²) in [5.41, 5.74) is 1.38. The summed E-state index contributed by atoms with van der Waals surface area (Å²) >= 11 is 1.27. The van der Waals surface area contributed by atoms with E-state index >= 15 is 0 Å². The van der Waals surface area contributed by atoms with Gasteiger partial charge in [-0.15, -0.1) is 11.3 Å². The number of alkyl carbamates (subject to hydrolysis) is 1. The summed E-state index contributed by atoms with van der Waals surface area (Å²) in [5, 5.41) is 5.30. The summed E-state index contributed by atoms with van der Waals surface area (Å²) in [5.74, 6) is -0.298. The molecule has 2 aromatic rings. The van der Waals surface area contributed by atoms with Gasteiger partial charge in [0.05, 0.1) is 18.8 Å². The van der Waals surface area contributed by atoms with Crippen molar-refractivity contribution in [2.45, 2.75) is 27.7 Å². The van der Waals surface area contributed by atoms with E-state index in [0.717, 1.165) is 4.88 Å². The van der Waals surface area contributed by atoms with Crippen LogP contribution in [0.4, 0.5) is 9.80 Å². The molecule has 0 bridgehead atoms. The lowest BCUT2D eigenvalue weighted by Gasteiger charge is -2.09.